The molecule has 1 aromatic carbocycles. The van der Waals surface area contributed by atoms with Gasteiger partial charge in [0.1, 0.15) is 5.75 Å². The van der Waals surface area contributed by atoms with Crippen LogP contribution in [0.1, 0.15) is 51.8 Å². The summed E-state index contributed by atoms with van der Waals surface area (Å²) in [5.41, 5.74) is 3.20. The second-order valence-electron chi connectivity index (χ2n) is 7.01. The Morgan fingerprint density at radius 3 is 2.21 bits per heavy atom. The van der Waals surface area contributed by atoms with Crippen LogP contribution >= 0.6 is 0 Å². The van der Waals surface area contributed by atoms with Crippen molar-refractivity contribution in [3.63, 3.8) is 0 Å². The van der Waals surface area contributed by atoms with E-state index in [9.17, 15) is 0 Å². The van der Waals surface area contributed by atoms with Gasteiger partial charge in [0.25, 0.3) is 0 Å². The fourth-order valence-corrected chi connectivity index (χ4v) is 3.13. The predicted molar refractivity (Wildman–Crippen MR) is 80.6 cm³/mol. The van der Waals surface area contributed by atoms with Crippen molar-refractivity contribution >= 4 is 0 Å². The molecule has 1 aliphatic carbocycles. The minimum atomic E-state index is 0.307. The fourth-order valence-electron chi connectivity index (χ4n) is 3.13. The Morgan fingerprint density at radius 2 is 1.74 bits per heavy atom. The Labute approximate surface area is 117 Å². The van der Waals surface area contributed by atoms with Crippen molar-refractivity contribution in [1.29, 1.82) is 0 Å². The smallest absolute Gasteiger partial charge is 0.123 e. The summed E-state index contributed by atoms with van der Waals surface area (Å²) >= 11 is 0. The molecule has 1 saturated carbocycles. The third-order valence-electron chi connectivity index (χ3n) is 5.29. The maximum atomic E-state index is 5.51. The molecule has 0 radical (unpaired) electrons. The second kappa shape index (κ2) is 4.52. The maximum Gasteiger partial charge on any atom is 0.123 e. The lowest BCUT2D eigenvalue weighted by atomic mass is 10.0. The Kier molecular flexibility index (Phi) is 3.42. The molecular weight excluding hydrogens is 234 g/mol. The van der Waals surface area contributed by atoms with Crippen molar-refractivity contribution < 1.29 is 4.74 Å². The van der Waals surface area contributed by atoms with Crippen molar-refractivity contribution in [3.05, 3.63) is 29.3 Å². The zero-order chi connectivity index (χ0) is 14.4. The summed E-state index contributed by atoms with van der Waals surface area (Å²) in [6.07, 6.45) is 0. The molecule has 19 heavy (non-hydrogen) atoms. The Bertz CT molecular complexity index is 462. The largest absolute Gasteiger partial charge is 0.496 e. The molecule has 1 aromatic rings. The number of rotatable bonds is 4. The Balaban J connectivity index is 2.16. The summed E-state index contributed by atoms with van der Waals surface area (Å²) in [4.78, 5) is 0. The zero-order valence-corrected chi connectivity index (χ0v) is 13.3. The number of methoxy groups -OCH3 is 1. The van der Waals surface area contributed by atoms with E-state index in [1.165, 1.54) is 11.1 Å². The summed E-state index contributed by atoms with van der Waals surface area (Å²) < 4.78 is 5.51. The number of hydrogen-bond acceptors (Lipinski definition) is 2. The van der Waals surface area contributed by atoms with Gasteiger partial charge in [0.15, 0.2) is 0 Å². The van der Waals surface area contributed by atoms with E-state index in [4.69, 9.17) is 4.74 Å². The van der Waals surface area contributed by atoms with Crippen molar-refractivity contribution in [1.82, 2.24) is 5.32 Å². The topological polar surface area (TPSA) is 21.3 Å². The highest BCUT2D eigenvalue weighted by Gasteiger charge is 2.64. The van der Waals surface area contributed by atoms with Gasteiger partial charge in [0.05, 0.1) is 7.11 Å². The van der Waals surface area contributed by atoms with E-state index >= 15 is 0 Å². The van der Waals surface area contributed by atoms with Crippen LogP contribution in [0.2, 0.25) is 0 Å². The van der Waals surface area contributed by atoms with Crippen molar-refractivity contribution in [3.8, 4) is 5.75 Å². The Hall–Kier alpha value is -1.02. The minimum absolute atomic E-state index is 0.307. The molecule has 0 saturated heterocycles. The number of benzene rings is 1. The molecule has 2 rings (SSSR count). The monoisotopic (exact) mass is 261 g/mol. The summed E-state index contributed by atoms with van der Waals surface area (Å²) in [7, 11) is 1.75. The van der Waals surface area contributed by atoms with Crippen LogP contribution in [0.15, 0.2) is 18.2 Å². The normalized spacial score (nSPS) is 22.1. The van der Waals surface area contributed by atoms with E-state index in [0.717, 1.165) is 5.75 Å². The molecule has 106 valence electrons. The van der Waals surface area contributed by atoms with Crippen molar-refractivity contribution in [2.75, 3.05) is 7.11 Å². The highest BCUT2D eigenvalue weighted by Crippen LogP contribution is 2.63. The average Bonchev–Trinajstić information content (AvgIpc) is 2.71. The van der Waals surface area contributed by atoms with E-state index < -0.39 is 0 Å². The van der Waals surface area contributed by atoms with Gasteiger partial charge in [-0.05, 0) is 36.3 Å². The van der Waals surface area contributed by atoms with Gasteiger partial charge in [0.2, 0.25) is 0 Å². The van der Waals surface area contributed by atoms with E-state index in [-0.39, 0.29) is 0 Å². The van der Waals surface area contributed by atoms with Gasteiger partial charge in [-0.15, -0.1) is 0 Å². The number of aryl methyl sites for hydroxylation is 1. The average molecular weight is 261 g/mol. The first-order valence-corrected chi connectivity index (χ1v) is 7.12. The van der Waals surface area contributed by atoms with Crippen LogP contribution in [0, 0.1) is 17.8 Å². The van der Waals surface area contributed by atoms with Crippen LogP contribution in [-0.2, 0) is 0 Å². The highest BCUT2D eigenvalue weighted by atomic mass is 16.5. The molecule has 0 bridgehead atoms. The first-order valence-electron chi connectivity index (χ1n) is 7.12. The fraction of sp³-hybridized carbons (Fsp3) is 0.647. The summed E-state index contributed by atoms with van der Waals surface area (Å²) in [5, 5.41) is 3.76. The highest BCUT2D eigenvalue weighted by molar-refractivity contribution is 5.39. The van der Waals surface area contributed by atoms with Crippen LogP contribution in [0.25, 0.3) is 0 Å². The first-order chi connectivity index (χ1) is 8.71. The number of nitrogens with one attached hydrogen (secondary N) is 1. The lowest BCUT2D eigenvalue weighted by Crippen LogP contribution is -2.26. The van der Waals surface area contributed by atoms with Crippen LogP contribution < -0.4 is 10.1 Å². The van der Waals surface area contributed by atoms with Crippen molar-refractivity contribution in [2.24, 2.45) is 10.8 Å². The molecule has 0 aromatic heterocycles. The zero-order valence-electron chi connectivity index (χ0n) is 13.3. The molecule has 1 atom stereocenters. The van der Waals surface area contributed by atoms with Crippen LogP contribution in [0.5, 0.6) is 5.75 Å². The molecular formula is C17H27NO. The molecule has 0 heterocycles. The maximum absolute atomic E-state index is 5.51. The molecule has 1 unspecified atom stereocenters. The molecule has 0 spiro atoms. The lowest BCUT2D eigenvalue weighted by Gasteiger charge is -2.19. The summed E-state index contributed by atoms with van der Waals surface area (Å²) in [6.45, 7) is 13.7. The molecule has 1 aliphatic rings. The summed E-state index contributed by atoms with van der Waals surface area (Å²) in [5.74, 6) is 0.983. The van der Waals surface area contributed by atoms with Gasteiger partial charge >= 0.3 is 0 Å². The van der Waals surface area contributed by atoms with E-state index in [0.29, 0.717) is 22.9 Å². The Morgan fingerprint density at radius 1 is 1.16 bits per heavy atom. The number of hydrogen-bond donors (Lipinski definition) is 1. The summed E-state index contributed by atoms with van der Waals surface area (Å²) in [6, 6.07) is 7.30. The third-order valence-corrected chi connectivity index (χ3v) is 5.29. The molecule has 0 amide bonds. The van der Waals surface area contributed by atoms with Gasteiger partial charge in [0, 0.05) is 17.6 Å². The predicted octanol–water partition coefficient (Wildman–Crippen LogP) is 4.09. The van der Waals surface area contributed by atoms with Gasteiger partial charge < -0.3 is 10.1 Å². The van der Waals surface area contributed by atoms with E-state index in [1.807, 2.05) is 0 Å². The van der Waals surface area contributed by atoms with Gasteiger partial charge in [-0.1, -0.05) is 39.8 Å². The SMILES string of the molecule is COc1cc(C)ccc1C(C)NC1C(C)(C)C1(C)C. The third kappa shape index (κ3) is 2.27. The van der Waals surface area contributed by atoms with Crippen LogP contribution in [0.4, 0.5) is 0 Å². The van der Waals surface area contributed by atoms with Crippen molar-refractivity contribution in [2.45, 2.75) is 53.6 Å². The minimum Gasteiger partial charge on any atom is -0.496 e. The second-order valence-corrected chi connectivity index (χ2v) is 7.01. The quantitative estimate of drug-likeness (QED) is 0.881. The number of ether oxygens (including phenoxy) is 1. The first kappa shape index (κ1) is 14.4. The lowest BCUT2D eigenvalue weighted by molar-refractivity contribution is 0.397. The molecule has 2 nitrogen and oxygen atoms in total. The molecule has 1 fully saturated rings. The van der Waals surface area contributed by atoms with Gasteiger partial charge in [-0.2, -0.15) is 0 Å². The van der Waals surface area contributed by atoms with Crippen LogP contribution in [0.3, 0.4) is 0 Å². The molecule has 0 aliphatic heterocycles. The van der Waals surface area contributed by atoms with Crippen LogP contribution in [-0.4, -0.2) is 13.2 Å². The van der Waals surface area contributed by atoms with Gasteiger partial charge in [-0.25, -0.2) is 0 Å². The van der Waals surface area contributed by atoms with E-state index in [1.54, 1.807) is 7.11 Å². The van der Waals surface area contributed by atoms with E-state index in [2.05, 4.69) is 65.1 Å². The molecule has 2 heteroatoms. The standard InChI is InChI=1S/C17H27NO/c1-11-8-9-13(14(10-11)19-7)12(2)18-15-16(3,4)17(15,5)6/h8-10,12,15,18H,1-7H3. The van der Waals surface area contributed by atoms with Gasteiger partial charge in [-0.3, -0.25) is 0 Å². The molecule has 1 N–H and O–H groups in total.